The van der Waals surface area contributed by atoms with Crippen LogP contribution in [0.5, 0.6) is 0 Å². The maximum absolute atomic E-state index is 14.3. The standard InChI is InChI=1S/C17H29FN2/c1-7-17(4,5)20(6)16-9-8-14(10-15(16)18)12-19-11-13(2)3/h8-10,13,19H,7,11-12H2,1-6H3. The lowest BCUT2D eigenvalue weighted by molar-refractivity contribution is 0.462. The lowest BCUT2D eigenvalue weighted by Gasteiger charge is -2.37. The Bertz CT molecular complexity index is 427. The van der Waals surface area contributed by atoms with Crippen molar-refractivity contribution in [3.05, 3.63) is 29.6 Å². The predicted octanol–water partition coefficient (Wildman–Crippen LogP) is 4.20. The molecule has 0 atom stereocenters. The first-order chi connectivity index (χ1) is 9.27. The van der Waals surface area contributed by atoms with Crippen molar-refractivity contribution in [2.75, 3.05) is 18.5 Å². The van der Waals surface area contributed by atoms with E-state index in [4.69, 9.17) is 0 Å². The van der Waals surface area contributed by atoms with Gasteiger partial charge in [0, 0.05) is 19.1 Å². The van der Waals surface area contributed by atoms with Gasteiger partial charge >= 0.3 is 0 Å². The molecule has 0 aliphatic carbocycles. The zero-order chi connectivity index (χ0) is 15.3. The Balaban J connectivity index is 2.78. The van der Waals surface area contributed by atoms with Crippen LogP contribution in [0.1, 0.15) is 46.6 Å². The molecule has 1 N–H and O–H groups in total. The molecule has 0 saturated carbocycles. The molecule has 1 aromatic rings. The molecule has 1 rings (SSSR count). The van der Waals surface area contributed by atoms with Crippen LogP contribution in [0, 0.1) is 11.7 Å². The Kier molecular flexibility index (Phi) is 6.00. The highest BCUT2D eigenvalue weighted by Gasteiger charge is 2.23. The number of anilines is 1. The summed E-state index contributed by atoms with van der Waals surface area (Å²) in [6.45, 7) is 12.4. The van der Waals surface area contributed by atoms with Crippen molar-refractivity contribution >= 4 is 5.69 Å². The van der Waals surface area contributed by atoms with Crippen molar-refractivity contribution < 1.29 is 4.39 Å². The normalized spacial score (nSPS) is 12.0. The van der Waals surface area contributed by atoms with Gasteiger partial charge in [-0.05, 0) is 50.4 Å². The number of halogens is 1. The van der Waals surface area contributed by atoms with Gasteiger partial charge in [-0.2, -0.15) is 0 Å². The molecule has 0 aromatic heterocycles. The maximum atomic E-state index is 14.3. The zero-order valence-electron chi connectivity index (χ0n) is 13.8. The van der Waals surface area contributed by atoms with Gasteiger partial charge in [-0.1, -0.05) is 26.8 Å². The van der Waals surface area contributed by atoms with Crippen LogP contribution < -0.4 is 10.2 Å². The number of nitrogens with one attached hydrogen (secondary N) is 1. The van der Waals surface area contributed by atoms with Crippen LogP contribution in [0.3, 0.4) is 0 Å². The summed E-state index contributed by atoms with van der Waals surface area (Å²) in [5.41, 5.74) is 1.62. The van der Waals surface area contributed by atoms with Crippen LogP contribution in [0.2, 0.25) is 0 Å². The van der Waals surface area contributed by atoms with E-state index >= 15 is 0 Å². The molecule has 3 heteroatoms. The van der Waals surface area contributed by atoms with Crippen LogP contribution in [-0.4, -0.2) is 19.1 Å². The van der Waals surface area contributed by atoms with Crippen molar-refractivity contribution in [3.8, 4) is 0 Å². The van der Waals surface area contributed by atoms with Gasteiger partial charge in [-0.3, -0.25) is 0 Å². The summed E-state index contributed by atoms with van der Waals surface area (Å²) in [6.07, 6.45) is 0.973. The minimum Gasteiger partial charge on any atom is -0.367 e. The molecule has 0 unspecified atom stereocenters. The van der Waals surface area contributed by atoms with Gasteiger partial charge in [0.25, 0.3) is 0 Å². The van der Waals surface area contributed by atoms with Crippen molar-refractivity contribution in [3.63, 3.8) is 0 Å². The highest BCUT2D eigenvalue weighted by atomic mass is 19.1. The minimum atomic E-state index is -0.141. The quantitative estimate of drug-likeness (QED) is 0.805. The number of hydrogen-bond donors (Lipinski definition) is 1. The van der Waals surface area contributed by atoms with Crippen molar-refractivity contribution in [1.82, 2.24) is 5.32 Å². The highest BCUT2D eigenvalue weighted by Crippen LogP contribution is 2.27. The van der Waals surface area contributed by atoms with E-state index in [1.54, 1.807) is 6.07 Å². The topological polar surface area (TPSA) is 15.3 Å². The monoisotopic (exact) mass is 280 g/mol. The van der Waals surface area contributed by atoms with Gasteiger partial charge in [0.2, 0.25) is 0 Å². The van der Waals surface area contributed by atoms with Crippen molar-refractivity contribution in [2.24, 2.45) is 5.92 Å². The molecular formula is C17H29FN2. The van der Waals surface area contributed by atoms with Crippen LogP contribution in [-0.2, 0) is 6.54 Å². The molecule has 1 aromatic carbocycles. The van der Waals surface area contributed by atoms with Gasteiger partial charge in [0.05, 0.1) is 5.69 Å². The van der Waals surface area contributed by atoms with Crippen LogP contribution in [0.25, 0.3) is 0 Å². The lowest BCUT2D eigenvalue weighted by Crippen LogP contribution is -2.41. The smallest absolute Gasteiger partial charge is 0.146 e. The molecule has 0 heterocycles. The molecular weight excluding hydrogens is 251 g/mol. The number of nitrogens with zero attached hydrogens (tertiary/aromatic N) is 1. The largest absolute Gasteiger partial charge is 0.367 e. The predicted molar refractivity (Wildman–Crippen MR) is 85.7 cm³/mol. The summed E-state index contributed by atoms with van der Waals surface area (Å²) in [5.74, 6) is 0.466. The summed E-state index contributed by atoms with van der Waals surface area (Å²) in [7, 11) is 1.96. The molecule has 0 aliphatic rings. The second-order valence-corrected chi connectivity index (χ2v) is 6.54. The molecule has 0 fully saturated rings. The first-order valence-electron chi connectivity index (χ1n) is 7.51. The van der Waals surface area contributed by atoms with Gasteiger partial charge in [0.1, 0.15) is 5.82 Å². The fraction of sp³-hybridized carbons (Fsp3) is 0.647. The van der Waals surface area contributed by atoms with Crippen molar-refractivity contribution in [1.29, 1.82) is 0 Å². The van der Waals surface area contributed by atoms with Gasteiger partial charge in [0.15, 0.2) is 0 Å². The SMILES string of the molecule is CCC(C)(C)N(C)c1ccc(CNCC(C)C)cc1F. The fourth-order valence-corrected chi connectivity index (χ4v) is 2.00. The summed E-state index contributed by atoms with van der Waals surface area (Å²) >= 11 is 0. The summed E-state index contributed by atoms with van der Waals surface area (Å²) in [5, 5.41) is 3.34. The Labute approximate surface area is 123 Å². The van der Waals surface area contributed by atoms with Gasteiger partial charge < -0.3 is 10.2 Å². The number of benzene rings is 1. The third kappa shape index (κ3) is 4.48. The Morgan fingerprint density at radius 3 is 2.45 bits per heavy atom. The number of rotatable bonds is 7. The van der Waals surface area contributed by atoms with E-state index in [1.807, 2.05) is 24.1 Å². The third-order valence-electron chi connectivity index (χ3n) is 4.03. The molecule has 20 heavy (non-hydrogen) atoms. The highest BCUT2D eigenvalue weighted by molar-refractivity contribution is 5.50. The molecule has 2 nitrogen and oxygen atoms in total. The lowest BCUT2D eigenvalue weighted by atomic mass is 9.99. The van der Waals surface area contributed by atoms with E-state index in [9.17, 15) is 4.39 Å². The molecule has 0 spiro atoms. The molecule has 0 saturated heterocycles. The van der Waals surface area contributed by atoms with E-state index in [1.165, 1.54) is 0 Å². The van der Waals surface area contributed by atoms with E-state index in [-0.39, 0.29) is 11.4 Å². The number of hydrogen-bond acceptors (Lipinski definition) is 2. The van der Waals surface area contributed by atoms with Crippen LogP contribution >= 0.6 is 0 Å². The van der Waals surface area contributed by atoms with Crippen LogP contribution in [0.15, 0.2) is 18.2 Å². The van der Waals surface area contributed by atoms with Gasteiger partial charge in [-0.25, -0.2) is 4.39 Å². The van der Waals surface area contributed by atoms with E-state index in [0.717, 1.165) is 25.1 Å². The average Bonchev–Trinajstić information content (AvgIpc) is 2.37. The first kappa shape index (κ1) is 17.0. The average molecular weight is 280 g/mol. The molecule has 0 aliphatic heterocycles. The molecule has 0 radical (unpaired) electrons. The second-order valence-electron chi connectivity index (χ2n) is 6.54. The Morgan fingerprint density at radius 2 is 1.95 bits per heavy atom. The van der Waals surface area contributed by atoms with Crippen molar-refractivity contribution in [2.45, 2.75) is 53.1 Å². The van der Waals surface area contributed by atoms with Crippen LogP contribution in [0.4, 0.5) is 10.1 Å². The Hall–Kier alpha value is -1.09. The van der Waals surface area contributed by atoms with E-state index < -0.39 is 0 Å². The maximum Gasteiger partial charge on any atom is 0.146 e. The third-order valence-corrected chi connectivity index (χ3v) is 4.03. The Morgan fingerprint density at radius 1 is 1.30 bits per heavy atom. The zero-order valence-corrected chi connectivity index (χ0v) is 13.8. The minimum absolute atomic E-state index is 0.0434. The summed E-state index contributed by atoms with van der Waals surface area (Å²) in [4.78, 5) is 2.02. The summed E-state index contributed by atoms with van der Waals surface area (Å²) in [6, 6.07) is 5.54. The fourth-order valence-electron chi connectivity index (χ4n) is 2.00. The summed E-state index contributed by atoms with van der Waals surface area (Å²) < 4.78 is 14.3. The second kappa shape index (κ2) is 7.07. The van der Waals surface area contributed by atoms with Gasteiger partial charge in [-0.15, -0.1) is 0 Å². The van der Waals surface area contributed by atoms with E-state index in [0.29, 0.717) is 11.6 Å². The molecule has 0 amide bonds. The first-order valence-corrected chi connectivity index (χ1v) is 7.51. The molecule has 0 bridgehead atoms. The molecule has 114 valence electrons. The van der Waals surface area contributed by atoms with E-state index in [2.05, 4.69) is 39.9 Å².